The highest BCUT2D eigenvalue weighted by Gasteiger charge is 2.39. The van der Waals surface area contributed by atoms with Gasteiger partial charge in [0.15, 0.2) is 0 Å². The third kappa shape index (κ3) is 9.80. The predicted molar refractivity (Wildman–Crippen MR) is 85.4 cm³/mol. The van der Waals surface area contributed by atoms with Crippen molar-refractivity contribution in [2.45, 2.75) is 33.2 Å². The number of amides is 2. The van der Waals surface area contributed by atoms with Gasteiger partial charge in [0.1, 0.15) is 0 Å². The lowest BCUT2D eigenvalue weighted by Crippen LogP contribution is -2.46. The van der Waals surface area contributed by atoms with E-state index in [2.05, 4.69) is 16.0 Å². The molecule has 0 saturated carbocycles. The van der Waals surface area contributed by atoms with E-state index in [1.807, 2.05) is 20.8 Å². The topological polar surface area (TPSA) is 80.9 Å². The van der Waals surface area contributed by atoms with Crippen molar-refractivity contribution in [2.75, 3.05) is 46.5 Å². The molecule has 0 aliphatic heterocycles. The van der Waals surface area contributed by atoms with E-state index in [0.29, 0.717) is 26.4 Å². The van der Waals surface area contributed by atoms with Gasteiger partial charge in [0.05, 0.1) is 0 Å². The van der Waals surface area contributed by atoms with E-state index in [1.165, 1.54) is 0 Å². The van der Waals surface area contributed by atoms with Crippen LogP contribution >= 0.6 is 0 Å². The summed E-state index contributed by atoms with van der Waals surface area (Å²) in [6.07, 6.45) is 0.923. The Kier molecular flexibility index (Phi) is 12.6. The summed E-state index contributed by atoms with van der Waals surface area (Å²) in [4.78, 5) is 11.0. The lowest BCUT2D eigenvalue weighted by atomic mass is 10.4. The van der Waals surface area contributed by atoms with Crippen molar-refractivity contribution in [2.24, 2.45) is 0 Å². The molecule has 0 unspecified atom stereocenters. The summed E-state index contributed by atoms with van der Waals surface area (Å²) in [5.74, 6) is 0. The van der Waals surface area contributed by atoms with E-state index >= 15 is 0 Å². The summed E-state index contributed by atoms with van der Waals surface area (Å²) in [6, 6.07) is 0.644. The molecule has 0 bridgehead atoms. The van der Waals surface area contributed by atoms with Crippen molar-refractivity contribution in [3.63, 3.8) is 0 Å². The van der Waals surface area contributed by atoms with Gasteiger partial charge >= 0.3 is 14.8 Å². The van der Waals surface area contributed by atoms with Crippen LogP contribution in [0.4, 0.5) is 4.79 Å². The van der Waals surface area contributed by atoms with Crippen LogP contribution in [0.1, 0.15) is 27.2 Å². The highest BCUT2D eigenvalue weighted by atomic mass is 28.4. The van der Waals surface area contributed by atoms with Crippen molar-refractivity contribution in [3.8, 4) is 0 Å². The highest BCUT2D eigenvalue weighted by Crippen LogP contribution is 2.17. The molecular weight excluding hydrogens is 290 g/mol. The van der Waals surface area contributed by atoms with Crippen molar-refractivity contribution in [1.29, 1.82) is 0 Å². The Hall–Kier alpha value is -0.673. The van der Waals surface area contributed by atoms with Crippen molar-refractivity contribution in [3.05, 3.63) is 0 Å². The first kappa shape index (κ1) is 20.3. The molecule has 3 N–H and O–H groups in total. The zero-order chi connectivity index (χ0) is 16.0. The van der Waals surface area contributed by atoms with Crippen LogP contribution in [-0.4, -0.2) is 61.3 Å². The van der Waals surface area contributed by atoms with E-state index in [0.717, 1.165) is 25.6 Å². The van der Waals surface area contributed by atoms with Gasteiger partial charge in [-0.15, -0.1) is 0 Å². The van der Waals surface area contributed by atoms with Gasteiger partial charge in [-0.25, -0.2) is 4.79 Å². The Morgan fingerprint density at radius 1 is 0.952 bits per heavy atom. The fourth-order valence-electron chi connectivity index (χ4n) is 1.91. The van der Waals surface area contributed by atoms with Crippen LogP contribution in [0.3, 0.4) is 0 Å². The predicted octanol–water partition coefficient (Wildman–Crippen LogP) is 0.944. The quantitative estimate of drug-likeness (QED) is 0.347. The molecule has 0 radical (unpaired) electrons. The molecule has 7 nitrogen and oxygen atoms in total. The van der Waals surface area contributed by atoms with E-state index in [-0.39, 0.29) is 6.03 Å². The number of hydrogen-bond acceptors (Lipinski definition) is 5. The number of carbonyl (C=O) groups is 1. The first-order valence-electron chi connectivity index (χ1n) is 7.72. The van der Waals surface area contributed by atoms with Crippen LogP contribution in [0, 0.1) is 0 Å². The maximum atomic E-state index is 11.0. The number of rotatable bonds is 13. The summed E-state index contributed by atoms with van der Waals surface area (Å²) < 4.78 is 17.4. The van der Waals surface area contributed by atoms with Crippen LogP contribution in [-0.2, 0) is 13.3 Å². The number of hydrogen-bond donors (Lipinski definition) is 3. The molecule has 0 rings (SSSR count). The number of nitrogens with one attached hydrogen (secondary N) is 3. The fraction of sp³-hybridized carbons (Fsp3) is 0.923. The average Bonchev–Trinajstić information content (AvgIpc) is 2.46. The lowest BCUT2D eigenvalue weighted by Gasteiger charge is -2.28. The minimum atomic E-state index is -2.51. The molecule has 0 aromatic heterocycles. The molecule has 21 heavy (non-hydrogen) atoms. The number of urea groups is 1. The molecule has 0 aromatic rings. The molecule has 0 aliphatic carbocycles. The van der Waals surface area contributed by atoms with Gasteiger partial charge in [-0.05, 0) is 33.7 Å². The second-order valence-corrected chi connectivity index (χ2v) is 7.07. The molecule has 0 aliphatic rings. The Labute approximate surface area is 129 Å². The molecule has 0 heterocycles. The molecule has 0 atom stereocenters. The third-order valence-electron chi connectivity index (χ3n) is 2.74. The van der Waals surface area contributed by atoms with Gasteiger partial charge in [-0.1, -0.05) is 0 Å². The van der Waals surface area contributed by atoms with Crippen LogP contribution in [0.25, 0.3) is 0 Å². The largest absolute Gasteiger partial charge is 0.500 e. The van der Waals surface area contributed by atoms with Crippen molar-refractivity contribution >= 4 is 14.8 Å². The molecule has 2 amide bonds. The Bertz CT molecular complexity index is 253. The Morgan fingerprint density at radius 2 is 1.52 bits per heavy atom. The van der Waals surface area contributed by atoms with Gasteiger partial charge in [-0.3, -0.25) is 0 Å². The zero-order valence-electron chi connectivity index (χ0n) is 13.8. The summed E-state index contributed by atoms with van der Waals surface area (Å²) in [5.41, 5.74) is 0. The third-order valence-corrected chi connectivity index (χ3v) is 5.90. The van der Waals surface area contributed by atoms with E-state index in [1.54, 1.807) is 7.05 Å². The Balaban J connectivity index is 3.88. The molecule has 0 spiro atoms. The van der Waals surface area contributed by atoms with Gasteiger partial charge in [0, 0.05) is 46.0 Å². The molecule has 8 heteroatoms. The zero-order valence-corrected chi connectivity index (χ0v) is 14.8. The maximum absolute atomic E-state index is 11.0. The van der Waals surface area contributed by atoms with Crippen molar-refractivity contribution in [1.82, 2.24) is 16.0 Å². The molecule has 126 valence electrons. The SMILES string of the molecule is CCO[Si](CCCNCCNC(=O)NC)(OCC)OCC. The first-order chi connectivity index (χ1) is 10.1. The van der Waals surface area contributed by atoms with Crippen LogP contribution in [0.2, 0.25) is 6.04 Å². The Morgan fingerprint density at radius 3 is 2.00 bits per heavy atom. The van der Waals surface area contributed by atoms with Gasteiger partial charge in [0.2, 0.25) is 0 Å². The standard InChI is InChI=1S/C13H31N3O4Si/c1-5-18-21(19-6-2,20-7-3)12-8-9-15-10-11-16-13(17)14-4/h15H,5-12H2,1-4H3,(H2,14,16,17). The fourth-order valence-corrected chi connectivity index (χ4v) is 4.52. The molecule has 0 saturated heterocycles. The van der Waals surface area contributed by atoms with E-state index < -0.39 is 8.80 Å². The maximum Gasteiger partial charge on any atom is 0.500 e. The second kappa shape index (κ2) is 13.0. The highest BCUT2D eigenvalue weighted by molar-refractivity contribution is 6.60. The van der Waals surface area contributed by atoms with E-state index in [9.17, 15) is 4.79 Å². The van der Waals surface area contributed by atoms with Crippen molar-refractivity contribution < 1.29 is 18.1 Å². The summed E-state index contributed by atoms with van der Waals surface area (Å²) in [6.45, 7) is 9.89. The molecular formula is C13H31N3O4Si. The normalized spacial score (nSPS) is 11.4. The van der Waals surface area contributed by atoms with Crippen LogP contribution in [0.15, 0.2) is 0 Å². The molecule has 0 aromatic carbocycles. The van der Waals surface area contributed by atoms with Gasteiger partial charge in [0.25, 0.3) is 0 Å². The number of carbonyl (C=O) groups excluding carboxylic acids is 1. The smallest absolute Gasteiger partial charge is 0.374 e. The van der Waals surface area contributed by atoms with Gasteiger partial charge < -0.3 is 29.2 Å². The lowest BCUT2D eigenvalue weighted by molar-refractivity contribution is 0.0708. The minimum absolute atomic E-state index is 0.160. The average molecular weight is 321 g/mol. The van der Waals surface area contributed by atoms with Crippen LogP contribution < -0.4 is 16.0 Å². The summed E-state index contributed by atoms with van der Waals surface area (Å²) >= 11 is 0. The summed E-state index contributed by atoms with van der Waals surface area (Å²) in [5, 5.41) is 8.51. The van der Waals surface area contributed by atoms with Gasteiger partial charge in [-0.2, -0.15) is 0 Å². The monoisotopic (exact) mass is 321 g/mol. The van der Waals surface area contributed by atoms with Crippen LogP contribution in [0.5, 0.6) is 0 Å². The first-order valence-corrected chi connectivity index (χ1v) is 9.65. The molecule has 0 fully saturated rings. The summed E-state index contributed by atoms with van der Waals surface area (Å²) in [7, 11) is -0.908. The second-order valence-electron chi connectivity index (χ2n) is 4.34. The minimum Gasteiger partial charge on any atom is -0.374 e. The van der Waals surface area contributed by atoms with E-state index in [4.69, 9.17) is 13.3 Å².